The van der Waals surface area contributed by atoms with E-state index in [2.05, 4.69) is 59.0 Å². The molecule has 0 unspecified atom stereocenters. The molecular weight excluding hydrogens is 350 g/mol. The van der Waals surface area contributed by atoms with Gasteiger partial charge in [-0.3, -0.25) is 0 Å². The van der Waals surface area contributed by atoms with Gasteiger partial charge in [-0.15, -0.1) is 0 Å². The van der Waals surface area contributed by atoms with Crippen LogP contribution in [0.1, 0.15) is 75.5 Å². The number of nitrogens with one attached hydrogen (secondary N) is 1. The number of hydrogen-bond donors (Lipinski definition) is 2. The molecule has 0 aliphatic heterocycles. The van der Waals surface area contributed by atoms with Crippen molar-refractivity contribution in [2.45, 2.75) is 65.8 Å². The Morgan fingerprint density at radius 2 is 1.61 bits per heavy atom. The van der Waals surface area contributed by atoms with Crippen molar-refractivity contribution >= 4 is 11.7 Å². The molecule has 0 saturated carbocycles. The van der Waals surface area contributed by atoms with E-state index >= 15 is 0 Å². The van der Waals surface area contributed by atoms with Crippen LogP contribution in [0.25, 0.3) is 0 Å². The Balaban J connectivity index is 2.27. The zero-order valence-electron chi connectivity index (χ0n) is 18.1. The summed E-state index contributed by atoms with van der Waals surface area (Å²) in [6, 6.07) is 11.4. The highest BCUT2D eigenvalue weighted by molar-refractivity contribution is 5.89. The third kappa shape index (κ3) is 5.28. The molecule has 0 saturated heterocycles. The minimum absolute atomic E-state index is 0.0102. The number of esters is 1. The first kappa shape index (κ1) is 21.8. The molecule has 0 amide bonds. The standard InChI is InChI=1S/C24H33NO3/c1-8-28-22(27)16-9-11-19(12-10-16)25-15-17-13-18(23(2,3)4)14-20(21(17)26)24(5,6)7/h9-14,25-26H,8,15H2,1-7H3. The van der Waals surface area contributed by atoms with Gasteiger partial charge in [-0.25, -0.2) is 4.79 Å². The first-order valence-electron chi connectivity index (χ1n) is 9.81. The van der Waals surface area contributed by atoms with E-state index < -0.39 is 0 Å². The highest BCUT2D eigenvalue weighted by atomic mass is 16.5. The molecule has 0 aliphatic rings. The van der Waals surface area contributed by atoms with Crippen molar-refractivity contribution in [2.24, 2.45) is 0 Å². The molecule has 4 nitrogen and oxygen atoms in total. The van der Waals surface area contributed by atoms with Crippen molar-refractivity contribution in [3.8, 4) is 5.75 Å². The van der Waals surface area contributed by atoms with Gasteiger partial charge in [0.25, 0.3) is 0 Å². The van der Waals surface area contributed by atoms with Crippen LogP contribution in [0, 0.1) is 0 Å². The first-order valence-corrected chi connectivity index (χ1v) is 9.81. The van der Waals surface area contributed by atoms with Crippen molar-refractivity contribution in [2.75, 3.05) is 11.9 Å². The fraction of sp³-hybridized carbons (Fsp3) is 0.458. The third-order valence-electron chi connectivity index (χ3n) is 4.74. The van der Waals surface area contributed by atoms with Gasteiger partial charge in [0.2, 0.25) is 0 Å². The van der Waals surface area contributed by atoms with Gasteiger partial charge < -0.3 is 15.2 Å². The predicted molar refractivity (Wildman–Crippen MR) is 115 cm³/mol. The predicted octanol–water partition coefficient (Wildman–Crippen LogP) is 5.78. The molecule has 0 spiro atoms. The second kappa shape index (κ2) is 8.26. The summed E-state index contributed by atoms with van der Waals surface area (Å²) in [5, 5.41) is 14.2. The minimum atomic E-state index is -0.320. The molecule has 28 heavy (non-hydrogen) atoms. The number of phenolic OH excluding ortho intramolecular Hbond substituents is 1. The van der Waals surface area contributed by atoms with Gasteiger partial charge in [0.15, 0.2) is 0 Å². The van der Waals surface area contributed by atoms with Crippen molar-refractivity contribution in [1.82, 2.24) is 0 Å². The van der Waals surface area contributed by atoms with E-state index in [9.17, 15) is 9.90 Å². The fourth-order valence-electron chi connectivity index (χ4n) is 2.97. The van der Waals surface area contributed by atoms with Crippen molar-refractivity contribution < 1.29 is 14.6 Å². The zero-order chi connectivity index (χ0) is 21.1. The van der Waals surface area contributed by atoms with Crippen molar-refractivity contribution in [1.29, 1.82) is 0 Å². The van der Waals surface area contributed by atoms with Gasteiger partial charge >= 0.3 is 5.97 Å². The SMILES string of the molecule is CCOC(=O)c1ccc(NCc2cc(C(C)(C)C)cc(C(C)(C)C)c2O)cc1. The van der Waals surface area contributed by atoms with Crippen molar-refractivity contribution in [3.63, 3.8) is 0 Å². The Morgan fingerprint density at radius 3 is 2.11 bits per heavy atom. The molecule has 4 heteroatoms. The van der Waals surface area contributed by atoms with Gasteiger partial charge in [0, 0.05) is 17.8 Å². The van der Waals surface area contributed by atoms with Crippen LogP contribution in [-0.2, 0) is 22.1 Å². The summed E-state index contributed by atoms with van der Waals surface area (Å²) < 4.78 is 5.01. The van der Waals surface area contributed by atoms with Gasteiger partial charge in [0.1, 0.15) is 5.75 Å². The summed E-state index contributed by atoms with van der Waals surface area (Å²) in [7, 11) is 0. The van der Waals surface area contributed by atoms with E-state index in [4.69, 9.17) is 4.74 Å². The monoisotopic (exact) mass is 383 g/mol. The summed E-state index contributed by atoms with van der Waals surface area (Å²) in [6.45, 7) is 15.5. The van der Waals surface area contributed by atoms with Crippen LogP contribution < -0.4 is 5.32 Å². The quantitative estimate of drug-likeness (QED) is 0.643. The Morgan fingerprint density at radius 1 is 1.00 bits per heavy atom. The molecule has 0 fully saturated rings. The topological polar surface area (TPSA) is 58.6 Å². The smallest absolute Gasteiger partial charge is 0.338 e. The Labute approximate surface area is 168 Å². The lowest BCUT2D eigenvalue weighted by Crippen LogP contribution is -2.18. The Hall–Kier alpha value is -2.49. The average Bonchev–Trinajstić information content (AvgIpc) is 2.59. The van der Waals surface area contributed by atoms with Crippen LogP contribution in [0.15, 0.2) is 36.4 Å². The molecule has 152 valence electrons. The average molecular weight is 384 g/mol. The summed E-state index contributed by atoms with van der Waals surface area (Å²) in [5.41, 5.74) is 4.27. The fourth-order valence-corrected chi connectivity index (χ4v) is 2.97. The van der Waals surface area contributed by atoms with E-state index in [1.807, 2.05) is 12.1 Å². The van der Waals surface area contributed by atoms with E-state index in [1.165, 1.54) is 5.56 Å². The Bertz CT molecular complexity index is 825. The molecule has 2 aromatic carbocycles. The van der Waals surface area contributed by atoms with Crippen LogP contribution in [-0.4, -0.2) is 17.7 Å². The number of carbonyl (C=O) groups is 1. The second-order valence-corrected chi connectivity index (χ2v) is 9.18. The molecule has 0 heterocycles. The van der Waals surface area contributed by atoms with Crippen LogP contribution in [0.4, 0.5) is 5.69 Å². The van der Waals surface area contributed by atoms with Gasteiger partial charge in [-0.05, 0) is 59.2 Å². The number of rotatable bonds is 5. The molecule has 0 radical (unpaired) electrons. The van der Waals surface area contributed by atoms with E-state index in [-0.39, 0.29) is 16.8 Å². The molecule has 0 aromatic heterocycles. The molecule has 2 N–H and O–H groups in total. The molecular formula is C24H33NO3. The number of anilines is 1. The van der Waals surface area contributed by atoms with Gasteiger partial charge in [0.05, 0.1) is 12.2 Å². The van der Waals surface area contributed by atoms with E-state index in [0.717, 1.165) is 16.8 Å². The second-order valence-electron chi connectivity index (χ2n) is 9.18. The Kier molecular flexibility index (Phi) is 6.43. The van der Waals surface area contributed by atoms with E-state index in [0.29, 0.717) is 24.5 Å². The summed E-state index contributed by atoms with van der Waals surface area (Å²) in [5.74, 6) is 0.0236. The van der Waals surface area contributed by atoms with E-state index in [1.54, 1.807) is 19.1 Å². The summed E-state index contributed by atoms with van der Waals surface area (Å²) in [6.07, 6.45) is 0. The van der Waals surface area contributed by atoms with Crippen LogP contribution in [0.5, 0.6) is 5.75 Å². The number of benzene rings is 2. The number of aromatic hydroxyl groups is 1. The number of carbonyl (C=O) groups excluding carboxylic acids is 1. The lowest BCUT2D eigenvalue weighted by Gasteiger charge is -2.27. The van der Waals surface area contributed by atoms with Crippen LogP contribution >= 0.6 is 0 Å². The first-order chi connectivity index (χ1) is 12.9. The zero-order valence-corrected chi connectivity index (χ0v) is 18.1. The van der Waals surface area contributed by atoms with Crippen LogP contribution in [0.2, 0.25) is 0 Å². The highest BCUT2D eigenvalue weighted by Gasteiger charge is 2.24. The molecule has 2 aromatic rings. The van der Waals surface area contributed by atoms with Crippen LogP contribution in [0.3, 0.4) is 0 Å². The normalized spacial score (nSPS) is 12.0. The number of ether oxygens (including phenoxy) is 1. The molecule has 0 aliphatic carbocycles. The largest absolute Gasteiger partial charge is 0.507 e. The maximum Gasteiger partial charge on any atom is 0.338 e. The maximum atomic E-state index is 11.8. The van der Waals surface area contributed by atoms with Gasteiger partial charge in [-0.1, -0.05) is 47.6 Å². The third-order valence-corrected chi connectivity index (χ3v) is 4.74. The highest BCUT2D eigenvalue weighted by Crippen LogP contribution is 2.37. The minimum Gasteiger partial charge on any atom is -0.507 e. The number of phenols is 1. The number of hydrogen-bond acceptors (Lipinski definition) is 4. The lowest BCUT2D eigenvalue weighted by atomic mass is 9.79. The summed E-state index contributed by atoms with van der Waals surface area (Å²) in [4.78, 5) is 11.8. The summed E-state index contributed by atoms with van der Waals surface area (Å²) >= 11 is 0. The molecule has 0 bridgehead atoms. The van der Waals surface area contributed by atoms with Crippen molar-refractivity contribution in [3.05, 3.63) is 58.7 Å². The molecule has 2 rings (SSSR count). The lowest BCUT2D eigenvalue weighted by molar-refractivity contribution is 0.0526. The van der Waals surface area contributed by atoms with Gasteiger partial charge in [-0.2, -0.15) is 0 Å². The maximum absolute atomic E-state index is 11.8. The molecule has 0 atom stereocenters.